The smallest absolute Gasteiger partial charge is 0.124 e. The van der Waals surface area contributed by atoms with Crippen LogP contribution in [-0.4, -0.2) is 0 Å². The van der Waals surface area contributed by atoms with E-state index in [1.54, 1.807) is 18.2 Å². The van der Waals surface area contributed by atoms with Gasteiger partial charge in [0, 0.05) is 16.0 Å². The number of halogens is 3. The van der Waals surface area contributed by atoms with Gasteiger partial charge in [-0.05, 0) is 57.9 Å². The van der Waals surface area contributed by atoms with Crippen LogP contribution in [0.1, 0.15) is 11.1 Å². The largest absolute Gasteiger partial charge is 0.380 e. The Morgan fingerprint density at radius 2 is 2.05 bits per heavy atom. The van der Waals surface area contributed by atoms with E-state index >= 15 is 0 Å². The monoisotopic (exact) mass is 338 g/mol. The standard InChI is InChI=1S/C14H9BrClFN2/c15-13-2-1-11(16)6-14(13)19-8-10-3-9(7-18)4-12(17)5-10/h1-6,19H,8H2. The Kier molecular flexibility index (Phi) is 4.41. The lowest BCUT2D eigenvalue weighted by molar-refractivity contribution is 0.625. The van der Waals surface area contributed by atoms with Crippen molar-refractivity contribution in [1.82, 2.24) is 0 Å². The molecule has 0 fully saturated rings. The first-order valence-electron chi connectivity index (χ1n) is 5.47. The molecule has 0 aliphatic carbocycles. The molecule has 5 heteroatoms. The summed E-state index contributed by atoms with van der Waals surface area (Å²) < 4.78 is 14.1. The van der Waals surface area contributed by atoms with Crippen molar-refractivity contribution in [1.29, 1.82) is 5.26 Å². The van der Waals surface area contributed by atoms with Crippen LogP contribution in [0.3, 0.4) is 0 Å². The van der Waals surface area contributed by atoms with Crippen LogP contribution in [0.5, 0.6) is 0 Å². The number of rotatable bonds is 3. The maximum atomic E-state index is 13.3. The van der Waals surface area contributed by atoms with E-state index in [9.17, 15) is 4.39 Å². The highest BCUT2D eigenvalue weighted by molar-refractivity contribution is 9.10. The normalized spacial score (nSPS) is 10.0. The summed E-state index contributed by atoms with van der Waals surface area (Å²) >= 11 is 9.31. The maximum absolute atomic E-state index is 13.3. The molecule has 0 saturated heterocycles. The van der Waals surface area contributed by atoms with E-state index in [0.29, 0.717) is 22.7 Å². The third kappa shape index (κ3) is 3.69. The second-order valence-electron chi connectivity index (χ2n) is 3.94. The summed E-state index contributed by atoms with van der Waals surface area (Å²) in [4.78, 5) is 0. The number of nitriles is 1. The second kappa shape index (κ2) is 6.05. The summed E-state index contributed by atoms with van der Waals surface area (Å²) in [6.45, 7) is 0.408. The van der Waals surface area contributed by atoms with E-state index < -0.39 is 5.82 Å². The molecule has 19 heavy (non-hydrogen) atoms. The van der Waals surface area contributed by atoms with Gasteiger partial charge in [0.05, 0.1) is 17.3 Å². The third-order valence-corrected chi connectivity index (χ3v) is 3.42. The molecule has 0 heterocycles. The van der Waals surface area contributed by atoms with Crippen molar-refractivity contribution in [2.75, 3.05) is 5.32 Å². The van der Waals surface area contributed by atoms with Crippen LogP contribution < -0.4 is 5.32 Å². The van der Waals surface area contributed by atoms with Crippen molar-refractivity contribution in [3.8, 4) is 6.07 Å². The molecule has 0 bridgehead atoms. The Bertz CT molecular complexity index is 652. The number of anilines is 1. The molecule has 0 saturated carbocycles. The Labute approximate surface area is 123 Å². The molecule has 0 amide bonds. The van der Waals surface area contributed by atoms with Gasteiger partial charge in [-0.1, -0.05) is 11.6 Å². The van der Waals surface area contributed by atoms with E-state index in [-0.39, 0.29) is 0 Å². The zero-order valence-corrected chi connectivity index (χ0v) is 12.1. The first kappa shape index (κ1) is 13.9. The van der Waals surface area contributed by atoms with E-state index in [0.717, 1.165) is 10.2 Å². The second-order valence-corrected chi connectivity index (χ2v) is 5.23. The highest BCUT2D eigenvalue weighted by atomic mass is 79.9. The van der Waals surface area contributed by atoms with Gasteiger partial charge in [-0.15, -0.1) is 0 Å². The fourth-order valence-electron chi connectivity index (χ4n) is 1.65. The lowest BCUT2D eigenvalue weighted by atomic mass is 10.1. The molecule has 0 aliphatic rings. The van der Waals surface area contributed by atoms with Crippen LogP contribution in [0.25, 0.3) is 0 Å². The van der Waals surface area contributed by atoms with Gasteiger partial charge < -0.3 is 5.32 Å². The summed E-state index contributed by atoms with van der Waals surface area (Å²) in [6.07, 6.45) is 0. The Balaban J connectivity index is 2.17. The third-order valence-electron chi connectivity index (χ3n) is 2.50. The summed E-state index contributed by atoms with van der Waals surface area (Å²) in [7, 11) is 0. The summed E-state index contributed by atoms with van der Waals surface area (Å²) in [6, 6.07) is 11.6. The van der Waals surface area contributed by atoms with Gasteiger partial charge in [-0.25, -0.2) is 4.39 Å². The predicted molar refractivity (Wildman–Crippen MR) is 77.6 cm³/mol. The number of hydrogen-bond acceptors (Lipinski definition) is 2. The van der Waals surface area contributed by atoms with Crippen LogP contribution in [-0.2, 0) is 6.54 Å². The number of nitrogens with one attached hydrogen (secondary N) is 1. The lowest BCUT2D eigenvalue weighted by Crippen LogP contribution is -2.01. The molecule has 0 spiro atoms. The van der Waals surface area contributed by atoms with Crippen LogP contribution in [0.15, 0.2) is 40.9 Å². The van der Waals surface area contributed by atoms with E-state index in [4.69, 9.17) is 16.9 Å². The fourth-order valence-corrected chi connectivity index (χ4v) is 2.21. The fraction of sp³-hybridized carbons (Fsp3) is 0.0714. The van der Waals surface area contributed by atoms with Crippen molar-refractivity contribution in [3.63, 3.8) is 0 Å². The first-order valence-corrected chi connectivity index (χ1v) is 6.64. The summed E-state index contributed by atoms with van der Waals surface area (Å²) in [5.41, 5.74) is 1.82. The molecule has 0 aromatic heterocycles. The number of benzene rings is 2. The molecule has 2 aromatic carbocycles. The Hall–Kier alpha value is -1.57. The van der Waals surface area contributed by atoms with Gasteiger partial charge in [0.2, 0.25) is 0 Å². The molecule has 2 nitrogen and oxygen atoms in total. The molecule has 0 aliphatic heterocycles. The van der Waals surface area contributed by atoms with Gasteiger partial charge in [-0.2, -0.15) is 5.26 Å². The molecule has 96 valence electrons. The lowest BCUT2D eigenvalue weighted by Gasteiger charge is -2.09. The average molecular weight is 340 g/mol. The summed E-state index contributed by atoms with van der Waals surface area (Å²) in [5.74, 6) is -0.416. The molecule has 2 rings (SSSR count). The van der Waals surface area contributed by atoms with Crippen LogP contribution >= 0.6 is 27.5 Å². The van der Waals surface area contributed by atoms with Gasteiger partial charge >= 0.3 is 0 Å². The molecule has 2 aromatic rings. The van der Waals surface area contributed by atoms with Gasteiger partial charge in [0.15, 0.2) is 0 Å². The Morgan fingerprint density at radius 3 is 2.79 bits per heavy atom. The molecule has 0 unspecified atom stereocenters. The van der Waals surface area contributed by atoms with Crippen molar-refractivity contribution in [2.45, 2.75) is 6.54 Å². The molecular weight excluding hydrogens is 331 g/mol. The predicted octanol–water partition coefficient (Wildman–Crippen LogP) is 4.73. The number of nitrogens with zero attached hydrogens (tertiary/aromatic N) is 1. The highest BCUT2D eigenvalue weighted by Crippen LogP contribution is 2.26. The molecule has 0 atom stereocenters. The number of hydrogen-bond donors (Lipinski definition) is 1. The minimum atomic E-state index is -0.416. The van der Waals surface area contributed by atoms with E-state index in [1.165, 1.54) is 12.1 Å². The summed E-state index contributed by atoms with van der Waals surface area (Å²) in [5, 5.41) is 12.5. The average Bonchev–Trinajstić information content (AvgIpc) is 2.39. The van der Waals surface area contributed by atoms with Gasteiger partial charge in [-0.3, -0.25) is 0 Å². The molecule has 1 N–H and O–H groups in total. The molecular formula is C14H9BrClFN2. The first-order chi connectivity index (χ1) is 9.08. The van der Waals surface area contributed by atoms with Crippen LogP contribution in [0, 0.1) is 17.1 Å². The SMILES string of the molecule is N#Cc1cc(F)cc(CNc2cc(Cl)ccc2Br)c1. The van der Waals surface area contributed by atoms with Crippen LogP contribution in [0.2, 0.25) is 5.02 Å². The Morgan fingerprint density at radius 1 is 1.26 bits per heavy atom. The zero-order valence-electron chi connectivity index (χ0n) is 9.75. The van der Waals surface area contributed by atoms with Crippen molar-refractivity contribution >= 4 is 33.2 Å². The zero-order chi connectivity index (χ0) is 13.8. The topological polar surface area (TPSA) is 35.8 Å². The van der Waals surface area contributed by atoms with Crippen molar-refractivity contribution in [2.24, 2.45) is 0 Å². The van der Waals surface area contributed by atoms with Gasteiger partial charge in [0.1, 0.15) is 5.82 Å². The minimum absolute atomic E-state index is 0.307. The van der Waals surface area contributed by atoms with Gasteiger partial charge in [0.25, 0.3) is 0 Å². The van der Waals surface area contributed by atoms with Crippen LogP contribution in [0.4, 0.5) is 10.1 Å². The maximum Gasteiger partial charge on any atom is 0.124 e. The van der Waals surface area contributed by atoms with E-state index in [1.807, 2.05) is 12.1 Å². The van der Waals surface area contributed by atoms with Crippen molar-refractivity contribution < 1.29 is 4.39 Å². The minimum Gasteiger partial charge on any atom is -0.380 e. The quantitative estimate of drug-likeness (QED) is 0.878. The molecule has 0 radical (unpaired) electrons. The highest BCUT2D eigenvalue weighted by Gasteiger charge is 2.03. The van der Waals surface area contributed by atoms with Crippen molar-refractivity contribution in [3.05, 3.63) is 62.8 Å². The van der Waals surface area contributed by atoms with E-state index in [2.05, 4.69) is 21.2 Å².